The highest BCUT2D eigenvalue weighted by Gasteiger charge is 2.15. The van der Waals surface area contributed by atoms with Crippen LogP contribution in [-0.2, 0) is 14.4 Å². The number of hydrogen-bond donors (Lipinski definition) is 2. The maximum Gasteiger partial charge on any atom is 0.317 e. The van der Waals surface area contributed by atoms with E-state index >= 15 is 0 Å². The summed E-state index contributed by atoms with van der Waals surface area (Å²) in [4.78, 5) is 10.2. The molecule has 0 bridgehead atoms. The Morgan fingerprint density at radius 1 is 1.25 bits per heavy atom. The van der Waals surface area contributed by atoms with Crippen molar-refractivity contribution in [1.82, 2.24) is 5.48 Å². The molecule has 0 aromatic heterocycles. The van der Waals surface area contributed by atoms with Crippen molar-refractivity contribution in [1.29, 1.82) is 0 Å². The lowest BCUT2D eigenvalue weighted by Gasteiger charge is -2.06. The Morgan fingerprint density at radius 3 is 2.54 bits per heavy atom. The van der Waals surface area contributed by atoms with Crippen LogP contribution in [0.2, 0.25) is 0 Å². The van der Waals surface area contributed by atoms with E-state index in [1.165, 1.54) is 37.4 Å². The first-order chi connectivity index (χ1) is 13.2. The molecule has 148 valence electrons. The van der Waals surface area contributed by atoms with Crippen LogP contribution in [-0.4, -0.2) is 32.6 Å². The van der Waals surface area contributed by atoms with Crippen LogP contribution in [0.1, 0.15) is 11.1 Å². The fraction of sp³-hybridized carbons (Fsp3) is 0.125. The third-order valence-electron chi connectivity index (χ3n) is 3.35. The van der Waals surface area contributed by atoms with Crippen LogP contribution in [0.3, 0.4) is 0 Å². The number of rotatable bonds is 7. The molecule has 28 heavy (non-hydrogen) atoms. The highest BCUT2D eigenvalue weighted by atomic mass is 32.2. The summed E-state index contributed by atoms with van der Waals surface area (Å²) in [5.41, 5.74) is 8.46. The van der Waals surface area contributed by atoms with E-state index in [4.69, 9.17) is 10.5 Å². The first kappa shape index (κ1) is 20.8. The average Bonchev–Trinajstić information content (AvgIpc) is 2.66. The number of guanidine groups is 1. The largest absolute Gasteiger partial charge is 0.496 e. The van der Waals surface area contributed by atoms with Gasteiger partial charge in [0, 0.05) is 17.7 Å². The summed E-state index contributed by atoms with van der Waals surface area (Å²) in [6.45, 7) is 1.81. The van der Waals surface area contributed by atoms with Crippen molar-refractivity contribution in [3.05, 3.63) is 63.7 Å². The number of nitrogens with zero attached hydrogens (tertiary/aromatic N) is 3. The molecule has 0 aliphatic heterocycles. The van der Waals surface area contributed by atoms with Gasteiger partial charge in [-0.05, 0) is 25.1 Å². The molecule has 0 heterocycles. The van der Waals surface area contributed by atoms with Crippen molar-refractivity contribution < 1.29 is 22.4 Å². The monoisotopic (exact) mass is 407 g/mol. The van der Waals surface area contributed by atoms with E-state index in [2.05, 4.69) is 14.5 Å². The predicted octanol–water partition coefficient (Wildman–Crippen LogP) is 1.47. The first-order valence-electron chi connectivity index (χ1n) is 7.68. The SMILES string of the molecule is COc1ccc([N+](=O)[O-])cc1C=NN=C(N)NOS(=O)(=O)c1ccc(C)cc1. The van der Waals surface area contributed by atoms with Crippen LogP contribution in [0.15, 0.2) is 57.6 Å². The van der Waals surface area contributed by atoms with Crippen molar-refractivity contribution >= 4 is 28.0 Å². The zero-order valence-corrected chi connectivity index (χ0v) is 15.7. The van der Waals surface area contributed by atoms with Gasteiger partial charge in [-0.3, -0.25) is 10.1 Å². The zero-order chi connectivity index (χ0) is 20.7. The number of nitrogens with two attached hydrogens (primary N) is 1. The fourth-order valence-electron chi connectivity index (χ4n) is 1.96. The molecule has 2 rings (SSSR count). The second-order valence-corrected chi connectivity index (χ2v) is 6.91. The van der Waals surface area contributed by atoms with Crippen molar-refractivity contribution in [2.75, 3.05) is 7.11 Å². The smallest absolute Gasteiger partial charge is 0.317 e. The maximum atomic E-state index is 12.0. The van der Waals surface area contributed by atoms with Gasteiger partial charge in [0.1, 0.15) is 5.75 Å². The Bertz CT molecular complexity index is 1020. The van der Waals surface area contributed by atoms with E-state index in [1.54, 1.807) is 12.1 Å². The summed E-state index contributed by atoms with van der Waals surface area (Å²) in [7, 11) is -2.70. The Hall–Kier alpha value is -3.51. The molecule has 0 aliphatic rings. The lowest BCUT2D eigenvalue weighted by atomic mass is 10.2. The molecule has 3 N–H and O–H groups in total. The van der Waals surface area contributed by atoms with E-state index in [-0.39, 0.29) is 16.1 Å². The Labute approximate surface area is 160 Å². The number of non-ortho nitro benzene ring substituents is 1. The number of nitro groups is 1. The molecule has 12 heteroatoms. The molecule has 0 atom stereocenters. The highest BCUT2D eigenvalue weighted by molar-refractivity contribution is 7.86. The van der Waals surface area contributed by atoms with Crippen molar-refractivity contribution in [3.8, 4) is 5.75 Å². The van der Waals surface area contributed by atoms with Gasteiger partial charge in [-0.25, -0.2) is 5.48 Å². The lowest BCUT2D eigenvalue weighted by molar-refractivity contribution is -0.384. The van der Waals surface area contributed by atoms with Crippen molar-refractivity contribution in [2.45, 2.75) is 11.8 Å². The number of hydrogen-bond acceptors (Lipinski definition) is 8. The Kier molecular flexibility index (Phi) is 6.63. The summed E-state index contributed by atoms with van der Waals surface area (Å²) in [5, 5.41) is 18.0. The first-order valence-corrected chi connectivity index (χ1v) is 9.09. The predicted molar refractivity (Wildman–Crippen MR) is 101 cm³/mol. The van der Waals surface area contributed by atoms with E-state index < -0.39 is 21.0 Å². The molecular weight excluding hydrogens is 390 g/mol. The molecule has 0 spiro atoms. The molecule has 0 radical (unpaired) electrons. The van der Waals surface area contributed by atoms with Gasteiger partial charge < -0.3 is 10.5 Å². The van der Waals surface area contributed by atoms with Gasteiger partial charge in [0.2, 0.25) is 5.96 Å². The number of ether oxygens (including phenoxy) is 1. The van der Waals surface area contributed by atoms with E-state index in [0.717, 1.165) is 11.8 Å². The molecule has 0 saturated carbocycles. The standard InChI is InChI=1S/C16H17N5O6S/c1-11-3-6-14(7-4-11)28(24,25)27-20-16(17)19-18-10-12-9-13(21(22)23)5-8-15(12)26-2/h3-10H,1-2H3,(H3,17,19,20). The topological polar surface area (TPSA) is 159 Å². The van der Waals surface area contributed by atoms with Crippen LogP contribution in [0.25, 0.3) is 0 Å². The summed E-state index contributed by atoms with van der Waals surface area (Å²) >= 11 is 0. The summed E-state index contributed by atoms with van der Waals surface area (Å²) in [5.74, 6) is -0.120. The molecule has 2 aromatic carbocycles. The summed E-state index contributed by atoms with van der Waals surface area (Å²) in [6, 6.07) is 9.91. The number of aryl methyl sites for hydroxylation is 1. The zero-order valence-electron chi connectivity index (χ0n) is 14.9. The van der Waals surface area contributed by atoms with Crippen LogP contribution in [0.4, 0.5) is 5.69 Å². The van der Waals surface area contributed by atoms with Gasteiger partial charge in [0.15, 0.2) is 0 Å². The van der Waals surface area contributed by atoms with E-state index in [0.29, 0.717) is 5.75 Å². The van der Waals surface area contributed by atoms with E-state index in [1.807, 2.05) is 12.4 Å². The molecular formula is C16H17N5O6S. The summed E-state index contributed by atoms with van der Waals surface area (Å²) < 4.78 is 33.7. The Balaban J connectivity index is 2.07. The maximum absolute atomic E-state index is 12.0. The second-order valence-electron chi connectivity index (χ2n) is 5.37. The van der Waals surface area contributed by atoms with Gasteiger partial charge in [0.05, 0.1) is 23.1 Å². The average molecular weight is 407 g/mol. The van der Waals surface area contributed by atoms with Crippen molar-refractivity contribution in [2.24, 2.45) is 15.9 Å². The highest BCUT2D eigenvalue weighted by Crippen LogP contribution is 2.22. The number of benzene rings is 2. The molecule has 2 aromatic rings. The minimum atomic E-state index is -4.09. The minimum absolute atomic E-state index is 0.0665. The molecule has 0 amide bonds. The molecule has 0 unspecified atom stereocenters. The fourth-order valence-corrected chi connectivity index (χ4v) is 2.72. The van der Waals surface area contributed by atoms with Crippen molar-refractivity contribution in [3.63, 3.8) is 0 Å². The molecule has 11 nitrogen and oxygen atoms in total. The summed E-state index contributed by atoms with van der Waals surface area (Å²) in [6.07, 6.45) is 1.16. The van der Waals surface area contributed by atoms with Gasteiger partial charge in [-0.15, -0.1) is 9.39 Å². The second kappa shape index (κ2) is 8.92. The van der Waals surface area contributed by atoms with Gasteiger partial charge in [-0.1, -0.05) is 17.7 Å². The van der Waals surface area contributed by atoms with Crippen LogP contribution < -0.4 is 16.0 Å². The Morgan fingerprint density at radius 2 is 1.93 bits per heavy atom. The van der Waals surface area contributed by atoms with Crippen LogP contribution in [0, 0.1) is 17.0 Å². The van der Waals surface area contributed by atoms with Gasteiger partial charge in [-0.2, -0.15) is 13.5 Å². The van der Waals surface area contributed by atoms with Crippen LogP contribution in [0.5, 0.6) is 5.75 Å². The number of nitrogens with one attached hydrogen (secondary N) is 1. The van der Waals surface area contributed by atoms with Gasteiger partial charge in [0.25, 0.3) is 5.69 Å². The molecule has 0 fully saturated rings. The van der Waals surface area contributed by atoms with E-state index in [9.17, 15) is 18.5 Å². The molecule has 0 saturated heterocycles. The molecule has 0 aliphatic carbocycles. The third-order valence-corrected chi connectivity index (χ3v) is 4.50. The van der Waals surface area contributed by atoms with Crippen LogP contribution >= 0.6 is 0 Å². The number of nitro benzene ring substituents is 1. The van der Waals surface area contributed by atoms with Gasteiger partial charge >= 0.3 is 10.1 Å². The third kappa shape index (κ3) is 5.49. The minimum Gasteiger partial charge on any atom is -0.496 e. The lowest BCUT2D eigenvalue weighted by Crippen LogP contribution is -2.33. The normalized spacial score (nSPS) is 12.1. The number of methoxy groups -OCH3 is 1. The quantitative estimate of drug-likeness (QED) is 0.302. The number of hydroxylamine groups is 1.